The van der Waals surface area contributed by atoms with Gasteiger partial charge in [0, 0.05) is 24.6 Å². The Labute approximate surface area is 208 Å². The molecule has 3 rings (SSSR count). The molecule has 0 radical (unpaired) electrons. The third-order valence-corrected chi connectivity index (χ3v) is 6.46. The van der Waals surface area contributed by atoms with E-state index in [1.807, 2.05) is 13.0 Å². The molecule has 2 amide bonds. The second-order valence-corrected chi connectivity index (χ2v) is 9.21. The minimum Gasteiger partial charge on any atom is -0.325 e. The molecule has 35 heavy (non-hydrogen) atoms. The predicted octanol–water partition coefficient (Wildman–Crippen LogP) is 4.95. The van der Waals surface area contributed by atoms with Crippen LogP contribution in [0.4, 0.5) is 11.5 Å². The minimum atomic E-state index is -0.372. The number of carbonyl (C=O) groups is 3. The lowest BCUT2D eigenvalue weighted by Gasteiger charge is -2.34. The summed E-state index contributed by atoms with van der Waals surface area (Å²) in [6.07, 6.45) is 7.77. The van der Waals surface area contributed by atoms with Gasteiger partial charge in [0.2, 0.25) is 5.91 Å². The van der Waals surface area contributed by atoms with Gasteiger partial charge >= 0.3 is 0 Å². The van der Waals surface area contributed by atoms with Crippen LogP contribution >= 0.6 is 0 Å². The number of nitrogens with zero attached hydrogens (tertiary/aromatic N) is 2. The van der Waals surface area contributed by atoms with Gasteiger partial charge in [-0.3, -0.25) is 14.4 Å². The summed E-state index contributed by atoms with van der Waals surface area (Å²) in [5, 5.41) is 5.81. The number of carbonyl (C=O) groups excluding carboxylic acids is 3. The first kappa shape index (κ1) is 26.3. The molecule has 186 valence electrons. The molecule has 1 fully saturated rings. The Hall–Kier alpha value is -3.32. The Morgan fingerprint density at radius 3 is 2.43 bits per heavy atom. The van der Waals surface area contributed by atoms with Gasteiger partial charge in [-0.25, -0.2) is 4.98 Å². The summed E-state index contributed by atoms with van der Waals surface area (Å²) in [4.78, 5) is 44.7. The number of hydrogen-bond donors (Lipinski definition) is 2. The molecule has 2 heterocycles. The average molecular weight is 477 g/mol. The van der Waals surface area contributed by atoms with Crippen molar-refractivity contribution in [2.24, 2.45) is 5.92 Å². The number of ketones is 1. The Bertz CT molecular complexity index is 1070. The zero-order valence-electron chi connectivity index (χ0n) is 21.1. The van der Waals surface area contributed by atoms with Crippen LogP contribution in [0.25, 0.3) is 6.08 Å². The molecule has 2 N–H and O–H groups in total. The molecule has 0 aliphatic carbocycles. The van der Waals surface area contributed by atoms with Gasteiger partial charge in [0.05, 0.1) is 11.3 Å². The lowest BCUT2D eigenvalue weighted by molar-refractivity contribution is -0.121. The van der Waals surface area contributed by atoms with E-state index in [1.165, 1.54) is 6.08 Å². The Kier molecular flexibility index (Phi) is 9.32. The second-order valence-electron chi connectivity index (χ2n) is 9.21. The van der Waals surface area contributed by atoms with Crippen molar-refractivity contribution in [3.05, 3.63) is 59.3 Å². The maximum absolute atomic E-state index is 13.2. The first-order chi connectivity index (χ1) is 16.8. The van der Waals surface area contributed by atoms with E-state index in [9.17, 15) is 14.4 Å². The van der Waals surface area contributed by atoms with E-state index in [0.717, 1.165) is 37.9 Å². The van der Waals surface area contributed by atoms with Gasteiger partial charge in [0.1, 0.15) is 5.82 Å². The summed E-state index contributed by atoms with van der Waals surface area (Å²) >= 11 is 0. The molecule has 1 aromatic carbocycles. The summed E-state index contributed by atoms with van der Waals surface area (Å²) in [6.45, 7) is 9.95. The molecular formula is C28H36N4O3. The van der Waals surface area contributed by atoms with Gasteiger partial charge in [-0.2, -0.15) is 0 Å². The van der Waals surface area contributed by atoms with Crippen LogP contribution in [-0.2, 0) is 16.0 Å². The molecule has 0 spiro atoms. The standard InChI is InChI=1S/C28H36N4O3/c1-5-20-9-12-26(29-18-20)31-28(35)24-17-21(7-10-23(33)6-2)8-11-25(24)30-27(34)22-13-15-32(16-14-22)19(3)4/h7-12,17-19,22H,5-6,13-16H2,1-4H3,(H,30,34)(H,29,31,35)/b10-7+. The van der Waals surface area contributed by atoms with Crippen molar-refractivity contribution in [1.29, 1.82) is 0 Å². The van der Waals surface area contributed by atoms with Crippen molar-refractivity contribution in [2.45, 2.75) is 59.4 Å². The van der Waals surface area contributed by atoms with Crippen LogP contribution in [0.3, 0.4) is 0 Å². The van der Waals surface area contributed by atoms with Gasteiger partial charge in [-0.15, -0.1) is 0 Å². The number of piperidine rings is 1. The molecule has 0 bridgehead atoms. The van der Waals surface area contributed by atoms with Crippen molar-refractivity contribution in [2.75, 3.05) is 23.7 Å². The Morgan fingerprint density at radius 2 is 1.83 bits per heavy atom. The molecule has 1 aromatic heterocycles. The number of aromatic nitrogens is 1. The van der Waals surface area contributed by atoms with E-state index >= 15 is 0 Å². The van der Waals surface area contributed by atoms with Crippen molar-refractivity contribution < 1.29 is 14.4 Å². The van der Waals surface area contributed by atoms with Crippen LogP contribution in [0, 0.1) is 5.92 Å². The number of rotatable bonds is 9. The van der Waals surface area contributed by atoms with Crippen LogP contribution in [0.2, 0.25) is 0 Å². The monoisotopic (exact) mass is 476 g/mol. The van der Waals surface area contributed by atoms with Crippen LogP contribution in [0.1, 0.15) is 68.4 Å². The van der Waals surface area contributed by atoms with Gasteiger partial charge in [-0.1, -0.05) is 32.1 Å². The number of nitrogens with one attached hydrogen (secondary N) is 2. The molecule has 1 saturated heterocycles. The maximum atomic E-state index is 13.2. The normalized spacial score (nSPS) is 14.9. The molecule has 1 aliphatic rings. The number of likely N-dealkylation sites (tertiary alicyclic amines) is 1. The Morgan fingerprint density at radius 1 is 1.09 bits per heavy atom. The quantitative estimate of drug-likeness (QED) is 0.500. The predicted molar refractivity (Wildman–Crippen MR) is 140 cm³/mol. The highest BCUT2D eigenvalue weighted by molar-refractivity contribution is 6.10. The minimum absolute atomic E-state index is 0.00124. The fraction of sp³-hybridized carbons (Fsp3) is 0.429. The fourth-order valence-electron chi connectivity index (χ4n) is 4.07. The summed E-state index contributed by atoms with van der Waals surface area (Å²) in [5.74, 6) is -0.0963. The fourth-order valence-corrected chi connectivity index (χ4v) is 4.07. The molecule has 0 atom stereocenters. The van der Waals surface area contributed by atoms with E-state index in [0.29, 0.717) is 35.1 Å². The molecule has 0 unspecified atom stereocenters. The number of pyridine rings is 1. The topological polar surface area (TPSA) is 91.4 Å². The largest absolute Gasteiger partial charge is 0.325 e. The molecule has 0 saturated carbocycles. The average Bonchev–Trinajstić information content (AvgIpc) is 2.88. The smallest absolute Gasteiger partial charge is 0.258 e. The number of hydrogen-bond acceptors (Lipinski definition) is 5. The van der Waals surface area contributed by atoms with Crippen molar-refractivity contribution in [1.82, 2.24) is 9.88 Å². The number of benzene rings is 1. The van der Waals surface area contributed by atoms with Gasteiger partial charge in [-0.05, 0) is 81.6 Å². The molecule has 2 aromatic rings. The van der Waals surface area contributed by atoms with Crippen LogP contribution in [0.5, 0.6) is 0 Å². The van der Waals surface area contributed by atoms with Crippen LogP contribution in [-0.4, -0.2) is 46.6 Å². The second kappa shape index (κ2) is 12.4. The first-order valence-corrected chi connectivity index (χ1v) is 12.5. The summed E-state index contributed by atoms with van der Waals surface area (Å²) in [7, 11) is 0. The van der Waals surface area contributed by atoms with Crippen LogP contribution in [0.15, 0.2) is 42.6 Å². The Balaban J connectivity index is 1.81. The first-order valence-electron chi connectivity index (χ1n) is 12.5. The molecule has 1 aliphatic heterocycles. The summed E-state index contributed by atoms with van der Waals surface area (Å²) in [5.41, 5.74) is 2.55. The van der Waals surface area contributed by atoms with Crippen molar-refractivity contribution in [3.8, 4) is 0 Å². The third-order valence-electron chi connectivity index (χ3n) is 6.46. The van der Waals surface area contributed by atoms with E-state index in [4.69, 9.17) is 0 Å². The SMILES string of the molecule is CCC(=O)/C=C/c1ccc(NC(=O)C2CCN(C(C)C)CC2)c(C(=O)Nc2ccc(CC)cn2)c1. The van der Waals surface area contributed by atoms with Gasteiger partial charge < -0.3 is 15.5 Å². The third kappa shape index (κ3) is 7.33. The molecular weight excluding hydrogens is 440 g/mol. The van der Waals surface area contributed by atoms with E-state index in [-0.39, 0.29) is 23.5 Å². The summed E-state index contributed by atoms with van der Waals surface area (Å²) < 4.78 is 0. The highest BCUT2D eigenvalue weighted by atomic mass is 16.2. The zero-order chi connectivity index (χ0) is 25.4. The number of anilines is 2. The van der Waals surface area contributed by atoms with Crippen LogP contribution < -0.4 is 10.6 Å². The van der Waals surface area contributed by atoms with Gasteiger partial charge in [0.15, 0.2) is 5.78 Å². The number of aryl methyl sites for hydroxylation is 1. The number of allylic oxidation sites excluding steroid dienone is 1. The number of amides is 2. The molecule has 7 nitrogen and oxygen atoms in total. The zero-order valence-corrected chi connectivity index (χ0v) is 21.1. The highest BCUT2D eigenvalue weighted by Crippen LogP contribution is 2.24. The lowest BCUT2D eigenvalue weighted by atomic mass is 9.94. The van der Waals surface area contributed by atoms with E-state index in [1.54, 1.807) is 43.5 Å². The maximum Gasteiger partial charge on any atom is 0.258 e. The highest BCUT2D eigenvalue weighted by Gasteiger charge is 2.27. The summed E-state index contributed by atoms with van der Waals surface area (Å²) in [6, 6.07) is 9.35. The molecule has 7 heteroatoms. The van der Waals surface area contributed by atoms with Crippen molar-refractivity contribution >= 4 is 35.2 Å². The van der Waals surface area contributed by atoms with E-state index < -0.39 is 0 Å². The lowest BCUT2D eigenvalue weighted by Crippen LogP contribution is -2.41. The van der Waals surface area contributed by atoms with Gasteiger partial charge in [0.25, 0.3) is 5.91 Å². The van der Waals surface area contributed by atoms with Crippen molar-refractivity contribution in [3.63, 3.8) is 0 Å². The van der Waals surface area contributed by atoms with E-state index in [2.05, 4.69) is 34.4 Å².